The number of rotatable bonds is 2. The maximum atomic E-state index is 8.98. The quantitative estimate of drug-likeness (QED) is 0.666. The van der Waals surface area contributed by atoms with E-state index in [2.05, 4.69) is 5.32 Å². The number of hydrogen-bond donors (Lipinski definition) is 2. The number of aliphatic hydroxyl groups excluding tert-OH is 1. The van der Waals surface area contributed by atoms with E-state index in [0.717, 1.165) is 25.9 Å². The lowest BCUT2D eigenvalue weighted by Crippen LogP contribution is -2.43. The van der Waals surface area contributed by atoms with Crippen LogP contribution < -0.4 is 5.32 Å². The van der Waals surface area contributed by atoms with Crippen molar-refractivity contribution in [2.24, 2.45) is 5.92 Å². The fourth-order valence-corrected chi connectivity index (χ4v) is 2.31. The number of piperidine rings is 1. The van der Waals surface area contributed by atoms with Crippen LogP contribution in [0.1, 0.15) is 19.8 Å². The summed E-state index contributed by atoms with van der Waals surface area (Å²) in [6.07, 6.45) is 2.05. The molecule has 0 saturated carbocycles. The highest BCUT2D eigenvalue weighted by atomic mass is 16.7. The van der Waals surface area contributed by atoms with E-state index in [1.54, 1.807) is 0 Å². The minimum absolute atomic E-state index is 0.0561. The highest BCUT2D eigenvalue weighted by molar-refractivity contribution is 4.85. The Hall–Kier alpha value is -0.160. The molecule has 0 amide bonds. The summed E-state index contributed by atoms with van der Waals surface area (Å²) in [6.45, 7) is 4.66. The number of nitrogens with one attached hydrogen (secondary N) is 1. The van der Waals surface area contributed by atoms with Gasteiger partial charge in [-0.15, -0.1) is 0 Å². The first-order chi connectivity index (χ1) is 6.74. The van der Waals surface area contributed by atoms with Crippen LogP contribution in [0.5, 0.6) is 0 Å². The lowest BCUT2D eigenvalue weighted by atomic mass is 9.90. The molecule has 0 aromatic rings. The van der Waals surface area contributed by atoms with Crippen molar-refractivity contribution >= 4 is 0 Å². The first kappa shape index (κ1) is 10.4. The fourth-order valence-electron chi connectivity index (χ4n) is 2.31. The van der Waals surface area contributed by atoms with Gasteiger partial charge < -0.3 is 19.9 Å². The van der Waals surface area contributed by atoms with Gasteiger partial charge in [0.15, 0.2) is 5.79 Å². The average molecular weight is 201 g/mol. The van der Waals surface area contributed by atoms with Crippen LogP contribution in [0.2, 0.25) is 0 Å². The van der Waals surface area contributed by atoms with Crippen molar-refractivity contribution in [2.75, 3.05) is 26.3 Å². The predicted octanol–water partition coefficient (Wildman–Crippen LogP) is 0.110. The Bertz CT molecular complexity index is 194. The molecule has 0 aliphatic carbocycles. The molecule has 0 bridgehead atoms. The van der Waals surface area contributed by atoms with E-state index >= 15 is 0 Å². The smallest absolute Gasteiger partial charge is 0.169 e. The number of aliphatic hydroxyl groups is 1. The summed E-state index contributed by atoms with van der Waals surface area (Å²) in [5, 5.41) is 12.3. The van der Waals surface area contributed by atoms with Gasteiger partial charge in [0, 0.05) is 5.92 Å². The molecule has 2 unspecified atom stereocenters. The third-order valence-electron chi connectivity index (χ3n) is 3.24. The normalized spacial score (nSPS) is 40.3. The molecule has 0 aromatic carbocycles. The molecule has 2 saturated heterocycles. The van der Waals surface area contributed by atoms with Gasteiger partial charge in [-0.05, 0) is 32.9 Å². The molecular weight excluding hydrogens is 182 g/mol. The second-order valence-electron chi connectivity index (χ2n) is 4.27. The van der Waals surface area contributed by atoms with E-state index in [0.29, 0.717) is 12.5 Å². The maximum Gasteiger partial charge on any atom is 0.169 e. The third kappa shape index (κ3) is 1.93. The summed E-state index contributed by atoms with van der Waals surface area (Å²) in [5.74, 6) is -0.00419. The van der Waals surface area contributed by atoms with Crippen LogP contribution in [0.4, 0.5) is 0 Å². The van der Waals surface area contributed by atoms with Crippen molar-refractivity contribution in [1.82, 2.24) is 5.32 Å². The molecular formula is C10H19NO3. The molecule has 0 aromatic heterocycles. The molecule has 2 fully saturated rings. The summed E-state index contributed by atoms with van der Waals surface area (Å²) in [4.78, 5) is 0. The summed E-state index contributed by atoms with van der Waals surface area (Å²) >= 11 is 0. The van der Waals surface area contributed by atoms with Gasteiger partial charge >= 0.3 is 0 Å². The summed E-state index contributed by atoms with van der Waals surface area (Å²) < 4.78 is 11.4. The Morgan fingerprint density at radius 3 is 2.71 bits per heavy atom. The van der Waals surface area contributed by atoms with Gasteiger partial charge in [0.1, 0.15) is 6.10 Å². The monoisotopic (exact) mass is 201 g/mol. The molecule has 2 aliphatic heterocycles. The van der Waals surface area contributed by atoms with Crippen LogP contribution in [-0.2, 0) is 9.47 Å². The molecule has 2 heterocycles. The van der Waals surface area contributed by atoms with Crippen LogP contribution in [0.3, 0.4) is 0 Å². The zero-order valence-electron chi connectivity index (χ0n) is 8.66. The molecule has 2 aliphatic rings. The van der Waals surface area contributed by atoms with E-state index < -0.39 is 5.79 Å². The van der Waals surface area contributed by atoms with Crippen LogP contribution in [0.25, 0.3) is 0 Å². The molecule has 2 atom stereocenters. The molecule has 82 valence electrons. The number of hydrogen-bond acceptors (Lipinski definition) is 4. The van der Waals surface area contributed by atoms with Crippen LogP contribution in [-0.4, -0.2) is 43.3 Å². The first-order valence-electron chi connectivity index (χ1n) is 5.38. The summed E-state index contributed by atoms with van der Waals surface area (Å²) in [5.41, 5.74) is 0. The van der Waals surface area contributed by atoms with Gasteiger partial charge in [0.05, 0.1) is 13.2 Å². The Kier molecular flexibility index (Phi) is 3.07. The highest BCUT2D eigenvalue weighted by Gasteiger charge is 2.43. The second-order valence-corrected chi connectivity index (χ2v) is 4.27. The topological polar surface area (TPSA) is 50.7 Å². The van der Waals surface area contributed by atoms with E-state index in [9.17, 15) is 0 Å². The van der Waals surface area contributed by atoms with Gasteiger partial charge in [0.25, 0.3) is 0 Å². The zero-order valence-corrected chi connectivity index (χ0v) is 8.66. The van der Waals surface area contributed by atoms with E-state index in [1.165, 1.54) is 0 Å². The SMILES string of the molecule is CC1(C2CCNCC2)OCC(CO)O1. The van der Waals surface area contributed by atoms with E-state index in [1.807, 2.05) is 6.92 Å². The van der Waals surface area contributed by atoms with Crippen LogP contribution in [0.15, 0.2) is 0 Å². The van der Waals surface area contributed by atoms with E-state index in [-0.39, 0.29) is 12.7 Å². The molecule has 14 heavy (non-hydrogen) atoms. The first-order valence-corrected chi connectivity index (χ1v) is 5.38. The standard InChI is InChI=1S/C10H19NO3/c1-10(8-2-4-11-5-3-8)13-7-9(6-12)14-10/h8-9,11-12H,2-7H2,1H3. The largest absolute Gasteiger partial charge is 0.394 e. The fraction of sp³-hybridized carbons (Fsp3) is 1.00. The van der Waals surface area contributed by atoms with Gasteiger partial charge in [-0.25, -0.2) is 0 Å². The molecule has 4 heteroatoms. The van der Waals surface area contributed by atoms with Crippen molar-refractivity contribution in [1.29, 1.82) is 0 Å². The molecule has 2 rings (SSSR count). The van der Waals surface area contributed by atoms with Gasteiger partial charge in [0.2, 0.25) is 0 Å². The van der Waals surface area contributed by atoms with Crippen molar-refractivity contribution in [3.05, 3.63) is 0 Å². The van der Waals surface area contributed by atoms with Crippen molar-refractivity contribution in [2.45, 2.75) is 31.7 Å². The Balaban J connectivity index is 1.94. The molecule has 0 radical (unpaired) electrons. The van der Waals surface area contributed by atoms with Gasteiger partial charge in [-0.1, -0.05) is 0 Å². The summed E-state index contributed by atoms with van der Waals surface area (Å²) in [7, 11) is 0. The Morgan fingerprint density at radius 2 is 2.14 bits per heavy atom. The summed E-state index contributed by atoms with van der Waals surface area (Å²) in [6, 6.07) is 0. The highest BCUT2D eigenvalue weighted by Crippen LogP contribution is 2.35. The predicted molar refractivity (Wildman–Crippen MR) is 51.9 cm³/mol. The molecule has 2 N–H and O–H groups in total. The lowest BCUT2D eigenvalue weighted by molar-refractivity contribution is -0.198. The second kappa shape index (κ2) is 4.14. The Morgan fingerprint density at radius 1 is 1.43 bits per heavy atom. The lowest BCUT2D eigenvalue weighted by Gasteiger charge is -2.35. The molecule has 4 nitrogen and oxygen atoms in total. The van der Waals surface area contributed by atoms with Crippen molar-refractivity contribution in [3.63, 3.8) is 0 Å². The minimum Gasteiger partial charge on any atom is -0.394 e. The Labute approximate surface area is 84.6 Å². The number of ether oxygens (including phenoxy) is 2. The van der Waals surface area contributed by atoms with E-state index in [4.69, 9.17) is 14.6 Å². The van der Waals surface area contributed by atoms with Gasteiger partial charge in [-0.2, -0.15) is 0 Å². The van der Waals surface area contributed by atoms with Gasteiger partial charge in [-0.3, -0.25) is 0 Å². The van der Waals surface area contributed by atoms with Crippen LogP contribution in [0, 0.1) is 5.92 Å². The van der Waals surface area contributed by atoms with Crippen molar-refractivity contribution in [3.8, 4) is 0 Å². The minimum atomic E-state index is -0.463. The molecule has 0 spiro atoms. The average Bonchev–Trinajstić information content (AvgIpc) is 2.63. The zero-order chi connectivity index (χ0) is 10.0. The third-order valence-corrected chi connectivity index (χ3v) is 3.24. The van der Waals surface area contributed by atoms with Crippen LogP contribution >= 0.6 is 0 Å². The van der Waals surface area contributed by atoms with Crippen molar-refractivity contribution < 1.29 is 14.6 Å². The maximum absolute atomic E-state index is 8.98.